The van der Waals surface area contributed by atoms with E-state index in [0.717, 1.165) is 32.1 Å². The Bertz CT molecular complexity index is 807. The quantitative estimate of drug-likeness (QED) is 0.922. The summed E-state index contributed by atoms with van der Waals surface area (Å²) in [6, 6.07) is 8.08. The molecule has 2 aliphatic carbocycles. The van der Waals surface area contributed by atoms with Crippen LogP contribution < -0.4 is 5.32 Å². The lowest BCUT2D eigenvalue weighted by molar-refractivity contribution is 0.0786. The van der Waals surface area contributed by atoms with Crippen LogP contribution in [-0.4, -0.2) is 29.8 Å². The van der Waals surface area contributed by atoms with Gasteiger partial charge in [-0.15, -0.1) is 11.3 Å². The number of anilines is 1. The third-order valence-electron chi connectivity index (χ3n) is 4.90. The minimum Gasteiger partial charge on any atom is -0.339 e. The smallest absolute Gasteiger partial charge is 0.256 e. The van der Waals surface area contributed by atoms with Gasteiger partial charge in [-0.1, -0.05) is 6.07 Å². The molecule has 2 amide bonds. The molecule has 0 atom stereocenters. The van der Waals surface area contributed by atoms with E-state index in [1.54, 1.807) is 11.0 Å². The van der Waals surface area contributed by atoms with Crippen molar-refractivity contribution in [2.45, 2.75) is 38.1 Å². The van der Waals surface area contributed by atoms with E-state index in [-0.39, 0.29) is 11.8 Å². The number of thiophene rings is 1. The fourth-order valence-corrected chi connectivity index (χ4v) is 4.05. The van der Waals surface area contributed by atoms with E-state index in [1.807, 2.05) is 24.6 Å². The van der Waals surface area contributed by atoms with Gasteiger partial charge in [-0.2, -0.15) is 0 Å². The lowest BCUT2D eigenvalue weighted by Crippen LogP contribution is -2.29. The van der Waals surface area contributed by atoms with Crippen LogP contribution in [0, 0.1) is 0 Å². The fraction of sp³-hybridized carbons (Fsp3) is 0.368. The zero-order valence-electron chi connectivity index (χ0n) is 13.7. The highest BCUT2D eigenvalue weighted by atomic mass is 32.1. The molecule has 0 bridgehead atoms. The highest BCUT2D eigenvalue weighted by Gasteiger charge is 2.31. The van der Waals surface area contributed by atoms with E-state index in [1.165, 1.54) is 22.5 Å². The Kier molecular flexibility index (Phi) is 3.88. The summed E-state index contributed by atoms with van der Waals surface area (Å²) in [7, 11) is 1.84. The topological polar surface area (TPSA) is 49.4 Å². The molecule has 0 unspecified atom stereocenters. The molecule has 124 valence electrons. The third kappa shape index (κ3) is 2.84. The first kappa shape index (κ1) is 15.4. The molecule has 0 saturated heterocycles. The highest BCUT2D eigenvalue weighted by molar-refractivity contribution is 7.14. The number of aryl methyl sites for hydroxylation is 2. The molecule has 1 heterocycles. The minimum atomic E-state index is -0.143. The number of nitrogens with one attached hydrogen (secondary N) is 1. The van der Waals surface area contributed by atoms with Crippen molar-refractivity contribution in [3.63, 3.8) is 0 Å². The molecule has 1 aromatic heterocycles. The second-order valence-electron chi connectivity index (χ2n) is 6.60. The molecule has 1 aromatic carbocycles. The molecule has 4 rings (SSSR count). The molecule has 0 spiro atoms. The standard InChI is InChI=1S/C19H20N2O2S/c1-21(15-7-8-15)19(23)16-9-10-24-18(16)20-17(22)14-6-5-12-3-2-4-13(12)11-14/h5-6,9-11,15H,2-4,7-8H2,1H3,(H,20,22). The first-order valence-corrected chi connectivity index (χ1v) is 9.29. The number of carbonyl (C=O) groups excluding carboxylic acids is 2. The largest absolute Gasteiger partial charge is 0.339 e. The molecule has 1 N–H and O–H groups in total. The molecule has 0 aliphatic heterocycles. The van der Waals surface area contributed by atoms with Crippen molar-refractivity contribution in [3.05, 3.63) is 51.9 Å². The van der Waals surface area contributed by atoms with Crippen molar-refractivity contribution < 1.29 is 9.59 Å². The number of fused-ring (bicyclic) bond motifs is 1. The first-order valence-electron chi connectivity index (χ1n) is 8.41. The van der Waals surface area contributed by atoms with Crippen LogP contribution in [0.15, 0.2) is 29.6 Å². The number of nitrogens with zero attached hydrogens (tertiary/aromatic N) is 1. The van der Waals surface area contributed by atoms with Crippen LogP contribution in [0.2, 0.25) is 0 Å². The van der Waals surface area contributed by atoms with Crippen molar-refractivity contribution in [2.24, 2.45) is 0 Å². The van der Waals surface area contributed by atoms with Gasteiger partial charge < -0.3 is 10.2 Å². The Morgan fingerprint density at radius 2 is 1.96 bits per heavy atom. The SMILES string of the molecule is CN(C(=O)c1ccsc1NC(=O)c1ccc2c(c1)CCC2)C1CC1. The van der Waals surface area contributed by atoms with E-state index in [0.29, 0.717) is 22.2 Å². The first-order chi connectivity index (χ1) is 11.6. The second-order valence-corrected chi connectivity index (χ2v) is 7.52. The van der Waals surface area contributed by atoms with Gasteiger partial charge in [0.25, 0.3) is 11.8 Å². The Morgan fingerprint density at radius 3 is 2.75 bits per heavy atom. The second kappa shape index (κ2) is 6.06. The van der Waals surface area contributed by atoms with Crippen LogP contribution in [0.1, 0.15) is 51.1 Å². The van der Waals surface area contributed by atoms with Crippen molar-refractivity contribution >= 4 is 28.2 Å². The van der Waals surface area contributed by atoms with Crippen LogP contribution in [-0.2, 0) is 12.8 Å². The summed E-state index contributed by atoms with van der Waals surface area (Å²) >= 11 is 1.40. The Labute approximate surface area is 145 Å². The molecule has 1 saturated carbocycles. The van der Waals surface area contributed by atoms with Crippen molar-refractivity contribution in [1.82, 2.24) is 4.90 Å². The van der Waals surface area contributed by atoms with Gasteiger partial charge in [0.1, 0.15) is 5.00 Å². The van der Waals surface area contributed by atoms with Gasteiger partial charge in [-0.25, -0.2) is 0 Å². The third-order valence-corrected chi connectivity index (χ3v) is 5.73. The molecule has 1 fully saturated rings. The maximum Gasteiger partial charge on any atom is 0.256 e. The maximum atomic E-state index is 12.6. The average Bonchev–Trinajstić information content (AvgIpc) is 3.15. The predicted molar refractivity (Wildman–Crippen MR) is 95.9 cm³/mol. The number of hydrogen-bond acceptors (Lipinski definition) is 3. The predicted octanol–water partition coefficient (Wildman–Crippen LogP) is 3.72. The van der Waals surface area contributed by atoms with Crippen LogP contribution in [0.4, 0.5) is 5.00 Å². The summed E-state index contributed by atoms with van der Waals surface area (Å²) in [5, 5.41) is 5.42. The average molecular weight is 340 g/mol. The van der Waals surface area contributed by atoms with Crippen molar-refractivity contribution in [1.29, 1.82) is 0 Å². The maximum absolute atomic E-state index is 12.6. The lowest BCUT2D eigenvalue weighted by atomic mass is 10.1. The number of benzene rings is 1. The minimum absolute atomic E-state index is 0.0111. The fourth-order valence-electron chi connectivity index (χ4n) is 3.28. The summed E-state index contributed by atoms with van der Waals surface area (Å²) in [5.74, 6) is -0.154. The summed E-state index contributed by atoms with van der Waals surface area (Å²) in [4.78, 5) is 26.9. The molecule has 5 heteroatoms. The monoisotopic (exact) mass is 340 g/mol. The van der Waals surface area contributed by atoms with E-state index in [4.69, 9.17) is 0 Å². The summed E-state index contributed by atoms with van der Waals surface area (Å²) < 4.78 is 0. The van der Waals surface area contributed by atoms with Crippen LogP contribution in [0.5, 0.6) is 0 Å². The molecule has 24 heavy (non-hydrogen) atoms. The molecule has 2 aromatic rings. The summed E-state index contributed by atoms with van der Waals surface area (Å²) in [6.07, 6.45) is 5.46. The number of amides is 2. The number of carbonyl (C=O) groups is 2. The van der Waals surface area contributed by atoms with Crippen LogP contribution in [0.25, 0.3) is 0 Å². The highest BCUT2D eigenvalue weighted by Crippen LogP contribution is 2.31. The van der Waals surface area contributed by atoms with Gasteiger partial charge in [-0.05, 0) is 66.8 Å². The molecular weight excluding hydrogens is 320 g/mol. The van der Waals surface area contributed by atoms with Crippen molar-refractivity contribution in [2.75, 3.05) is 12.4 Å². The molecule has 2 aliphatic rings. The van der Waals surface area contributed by atoms with E-state index >= 15 is 0 Å². The van der Waals surface area contributed by atoms with Crippen LogP contribution >= 0.6 is 11.3 Å². The zero-order valence-corrected chi connectivity index (χ0v) is 14.5. The van der Waals surface area contributed by atoms with Gasteiger partial charge in [0.15, 0.2) is 0 Å². The Balaban J connectivity index is 1.52. The van der Waals surface area contributed by atoms with Gasteiger partial charge >= 0.3 is 0 Å². The van der Waals surface area contributed by atoms with E-state index < -0.39 is 0 Å². The van der Waals surface area contributed by atoms with Gasteiger partial charge in [0.05, 0.1) is 5.56 Å². The number of hydrogen-bond donors (Lipinski definition) is 1. The molecular formula is C19H20N2O2S. The zero-order chi connectivity index (χ0) is 16.7. The summed E-state index contributed by atoms with van der Waals surface area (Å²) in [5.41, 5.74) is 3.88. The van der Waals surface area contributed by atoms with E-state index in [9.17, 15) is 9.59 Å². The molecule has 0 radical (unpaired) electrons. The Morgan fingerprint density at radius 1 is 1.17 bits per heavy atom. The van der Waals surface area contributed by atoms with Crippen LogP contribution in [0.3, 0.4) is 0 Å². The van der Waals surface area contributed by atoms with Gasteiger partial charge in [0.2, 0.25) is 0 Å². The lowest BCUT2D eigenvalue weighted by Gasteiger charge is -2.16. The van der Waals surface area contributed by atoms with Gasteiger partial charge in [0, 0.05) is 18.7 Å². The van der Waals surface area contributed by atoms with E-state index in [2.05, 4.69) is 11.4 Å². The molecule has 4 nitrogen and oxygen atoms in total. The Hall–Kier alpha value is -2.14. The van der Waals surface area contributed by atoms with Crippen molar-refractivity contribution in [3.8, 4) is 0 Å². The number of rotatable bonds is 4. The van der Waals surface area contributed by atoms with Gasteiger partial charge in [-0.3, -0.25) is 9.59 Å². The summed E-state index contributed by atoms with van der Waals surface area (Å²) in [6.45, 7) is 0. The normalized spacial score (nSPS) is 15.9.